The van der Waals surface area contributed by atoms with Crippen molar-refractivity contribution < 1.29 is 56.9 Å². The molecular formula is C50H50Cl2O2Zr. The number of benzene rings is 4. The van der Waals surface area contributed by atoms with Crippen LogP contribution in [0.4, 0.5) is 0 Å². The second kappa shape index (κ2) is 18.6. The first-order valence-electron chi connectivity index (χ1n) is 19.9. The van der Waals surface area contributed by atoms with Crippen molar-refractivity contribution >= 4 is 23.3 Å². The van der Waals surface area contributed by atoms with Crippen LogP contribution in [0.15, 0.2) is 118 Å². The van der Waals surface area contributed by atoms with Gasteiger partial charge in [-0.2, -0.15) is 0 Å². The maximum Gasteiger partial charge on any atom is -1.00 e. The van der Waals surface area contributed by atoms with Crippen LogP contribution >= 0.6 is 0 Å². The van der Waals surface area contributed by atoms with Crippen molar-refractivity contribution in [2.24, 2.45) is 0 Å². The minimum absolute atomic E-state index is 0. The van der Waals surface area contributed by atoms with Crippen LogP contribution < -0.4 is 24.8 Å². The van der Waals surface area contributed by atoms with Gasteiger partial charge in [0, 0.05) is 0 Å². The number of aryl methyl sites for hydroxylation is 4. The first kappa shape index (κ1) is 41.0. The van der Waals surface area contributed by atoms with Crippen LogP contribution in [0.5, 0.6) is 0 Å². The molecule has 2 aliphatic rings. The Hall–Kier alpha value is -3.62. The van der Waals surface area contributed by atoms with Crippen LogP contribution in [-0.2, 0) is 48.9 Å². The van der Waals surface area contributed by atoms with E-state index in [1.807, 2.05) is 0 Å². The van der Waals surface area contributed by atoms with Crippen molar-refractivity contribution in [3.63, 3.8) is 0 Å². The van der Waals surface area contributed by atoms with Crippen molar-refractivity contribution in [2.75, 3.05) is 0 Å². The van der Waals surface area contributed by atoms with Gasteiger partial charge in [0.15, 0.2) is 0 Å². The average molecular weight is 845 g/mol. The van der Waals surface area contributed by atoms with Crippen LogP contribution in [0.3, 0.4) is 0 Å². The number of hydrogen-bond acceptors (Lipinski definition) is 2. The third kappa shape index (κ3) is 8.42. The van der Waals surface area contributed by atoms with Crippen molar-refractivity contribution in [1.82, 2.24) is 0 Å². The minimum atomic E-state index is -1.33. The second-order valence-electron chi connectivity index (χ2n) is 14.8. The monoisotopic (exact) mass is 842 g/mol. The molecule has 5 heteroatoms. The van der Waals surface area contributed by atoms with Gasteiger partial charge in [0.05, 0.1) is 0 Å². The number of allylic oxidation sites excluding steroid dienone is 2. The van der Waals surface area contributed by atoms with E-state index in [2.05, 4.69) is 149 Å². The summed E-state index contributed by atoms with van der Waals surface area (Å²) >= 11 is -1.33. The number of furan rings is 2. The van der Waals surface area contributed by atoms with Crippen LogP contribution in [0.1, 0.15) is 117 Å². The quantitative estimate of drug-likeness (QED) is 0.111. The molecule has 0 fully saturated rings. The van der Waals surface area contributed by atoms with Crippen LogP contribution in [-0.4, -0.2) is 0 Å². The van der Waals surface area contributed by atoms with E-state index in [0.29, 0.717) is 7.25 Å². The molecule has 2 aliphatic carbocycles. The molecule has 4 aromatic carbocycles. The van der Waals surface area contributed by atoms with E-state index >= 15 is 0 Å². The zero-order valence-corrected chi connectivity index (χ0v) is 36.4. The number of fused-ring (bicyclic) bond motifs is 2. The largest absolute Gasteiger partial charge is 1.00 e. The summed E-state index contributed by atoms with van der Waals surface area (Å²) in [6.45, 7) is 8.95. The first-order chi connectivity index (χ1) is 26.1. The molecule has 2 aromatic heterocycles. The summed E-state index contributed by atoms with van der Waals surface area (Å²) in [6, 6.07) is 41.4. The molecule has 280 valence electrons. The molecule has 0 radical (unpaired) electrons. The molecule has 6 aromatic rings. The smallest absolute Gasteiger partial charge is 1.00 e. The summed E-state index contributed by atoms with van der Waals surface area (Å²) in [5.41, 5.74) is 16.3. The molecule has 0 spiro atoms. The summed E-state index contributed by atoms with van der Waals surface area (Å²) in [7, 11) is 0. The summed E-state index contributed by atoms with van der Waals surface area (Å²) < 4.78 is 14.0. The van der Waals surface area contributed by atoms with Crippen molar-refractivity contribution in [2.45, 2.75) is 86.3 Å². The molecule has 0 bridgehead atoms. The fourth-order valence-corrected chi connectivity index (χ4v) is 13.3. The van der Waals surface area contributed by atoms with Gasteiger partial charge in [0.2, 0.25) is 0 Å². The van der Waals surface area contributed by atoms with Gasteiger partial charge in [-0.25, -0.2) is 0 Å². The molecular weight excluding hydrogens is 795 g/mol. The Bertz CT molecular complexity index is 2110. The fraction of sp³-hybridized carbons (Fsp3) is 0.280. The molecule has 2 unspecified atom stereocenters. The molecule has 0 saturated carbocycles. The maximum absolute atomic E-state index is 6.66. The zero-order chi connectivity index (χ0) is 36.3. The second-order valence-corrected chi connectivity index (χ2v) is 18.4. The molecule has 2 nitrogen and oxygen atoms in total. The predicted octanol–water partition coefficient (Wildman–Crippen LogP) is 8.00. The first-order valence-corrected chi connectivity index (χ1v) is 22.7. The van der Waals surface area contributed by atoms with E-state index < -0.39 is 23.2 Å². The maximum atomic E-state index is 6.66. The van der Waals surface area contributed by atoms with E-state index in [-0.39, 0.29) is 24.8 Å². The molecule has 0 amide bonds. The SMILES string of the molecule is CCCc1ccc(-c2cccc3c2C=C(c2ccc(CCC)o2)[CH]3[Zr+2][CH]2C(c3ccc(CCC)o3)=Cc3c(-c4ccc(CCC)cc4)cccc32)cc1.[Cl-].[Cl-]. The summed E-state index contributed by atoms with van der Waals surface area (Å²) in [4.78, 5) is 0. The van der Waals surface area contributed by atoms with Gasteiger partial charge >= 0.3 is 330 Å². The Balaban J connectivity index is 0.00000257. The molecule has 8 rings (SSSR count). The van der Waals surface area contributed by atoms with Gasteiger partial charge in [0.25, 0.3) is 0 Å². The number of hydrogen-bond donors (Lipinski definition) is 0. The minimum Gasteiger partial charge on any atom is -1.00 e. The van der Waals surface area contributed by atoms with Crippen molar-refractivity contribution in [1.29, 1.82) is 0 Å². The third-order valence-electron chi connectivity index (χ3n) is 10.9. The normalized spacial score (nSPS) is 15.3. The van der Waals surface area contributed by atoms with Crippen LogP contribution in [0, 0.1) is 0 Å². The van der Waals surface area contributed by atoms with Crippen molar-refractivity contribution in [3.05, 3.63) is 166 Å². The Morgan fingerprint density at radius 2 is 0.855 bits per heavy atom. The van der Waals surface area contributed by atoms with Gasteiger partial charge in [-0.3, -0.25) is 0 Å². The van der Waals surface area contributed by atoms with Crippen LogP contribution in [0.2, 0.25) is 0 Å². The number of halogens is 2. The van der Waals surface area contributed by atoms with E-state index in [4.69, 9.17) is 8.83 Å². The number of rotatable bonds is 14. The summed E-state index contributed by atoms with van der Waals surface area (Å²) in [5.74, 6) is 4.23. The van der Waals surface area contributed by atoms with Crippen molar-refractivity contribution in [3.8, 4) is 22.3 Å². The van der Waals surface area contributed by atoms with Gasteiger partial charge in [-0.05, 0) is 0 Å². The van der Waals surface area contributed by atoms with Crippen LogP contribution in [0.25, 0.3) is 45.6 Å². The summed E-state index contributed by atoms with van der Waals surface area (Å²) in [6.07, 6.45) is 13.6. The molecule has 0 aliphatic heterocycles. The zero-order valence-electron chi connectivity index (χ0n) is 32.4. The van der Waals surface area contributed by atoms with E-state index in [1.165, 1.54) is 66.8 Å². The van der Waals surface area contributed by atoms with E-state index in [0.717, 1.165) is 74.4 Å². The van der Waals surface area contributed by atoms with Gasteiger partial charge in [-0.15, -0.1) is 0 Å². The average Bonchev–Trinajstić information content (AvgIpc) is 3.99. The molecule has 55 heavy (non-hydrogen) atoms. The molecule has 0 saturated heterocycles. The predicted molar refractivity (Wildman–Crippen MR) is 218 cm³/mol. The Labute approximate surface area is 351 Å². The Morgan fingerprint density at radius 1 is 0.455 bits per heavy atom. The Kier molecular flexibility index (Phi) is 13.8. The van der Waals surface area contributed by atoms with Gasteiger partial charge in [-0.1, -0.05) is 0 Å². The summed E-state index contributed by atoms with van der Waals surface area (Å²) in [5, 5.41) is 0. The molecule has 2 atom stereocenters. The third-order valence-corrected chi connectivity index (χ3v) is 15.6. The van der Waals surface area contributed by atoms with Gasteiger partial charge < -0.3 is 24.8 Å². The van der Waals surface area contributed by atoms with E-state index in [1.54, 1.807) is 0 Å². The standard InChI is InChI=1S/2C25H25O.2ClH.Zr/c2*1-3-6-18-10-12-19(13-11-18)23-9-5-8-20-16-21(17-24(20)23)25-15-14-22(26-25)7-4-2;;;/h2*5,8-17H,3-4,6-7H2,1-2H3;2*1H;/q;;;;+2/p-2. The van der Waals surface area contributed by atoms with E-state index in [9.17, 15) is 0 Å². The van der Waals surface area contributed by atoms with Gasteiger partial charge in [0.1, 0.15) is 0 Å². The fourth-order valence-electron chi connectivity index (χ4n) is 8.37. The Morgan fingerprint density at radius 3 is 1.24 bits per heavy atom. The topological polar surface area (TPSA) is 26.3 Å². The molecule has 2 heterocycles. The molecule has 0 N–H and O–H groups in total.